The molecule has 0 spiro atoms. The van der Waals surface area contributed by atoms with Crippen LogP contribution in [0.1, 0.15) is 96.6 Å². The Morgan fingerprint density at radius 2 is 1.60 bits per heavy atom. The molecule has 6 N–H and O–H groups in total. The lowest BCUT2D eigenvalue weighted by Crippen LogP contribution is -2.81. The molecule has 12 atom stereocenters. The van der Waals surface area contributed by atoms with Gasteiger partial charge in [-0.05, 0) is 69.9 Å². The highest BCUT2D eigenvalue weighted by Crippen LogP contribution is 2.64. The third-order valence-electron chi connectivity index (χ3n) is 14.5. The van der Waals surface area contributed by atoms with Crippen LogP contribution in [-0.2, 0) is 47.2 Å². The third-order valence-corrected chi connectivity index (χ3v) is 17.2. The number of Topliss-reactive ketones (excluding diaryl/α,β-unsaturated/α-hetero) is 1. The molecule has 22 heteroatoms. The van der Waals surface area contributed by atoms with Gasteiger partial charge in [-0.2, -0.15) is 0 Å². The van der Waals surface area contributed by atoms with E-state index in [1.54, 1.807) is 87.8 Å². The van der Waals surface area contributed by atoms with Crippen molar-refractivity contribution in [3.05, 3.63) is 82.9 Å². The number of amides is 1. The summed E-state index contributed by atoms with van der Waals surface area (Å²) in [5, 5.41) is 54.5. The standard InChI is InChI=1S/C43H53NO14.C7H15Cl2N2O2P/c1-22-26(55-37(51)32(48)30(24-15-11-9-12-16-24)44-38(52)58-39(3,4)5)20-43(53)35(56-36(50)25-17-13-10-14-18-25)33-41(8,34(49)31(47)29(22)40(43,6)7)27(46)19-28-42(33,21-54-28)57-23(2)45;8-2-5-11(6-3-9)14(12)10-4-1-7-13-14/h9-18,26-28,30-33,35,46-48,53H,19-21H2,1-8H3,(H,44,52);1-7H2,(H,10,12)/t26-,27-,28+,30-,31+,32+,33-,35-,41+,42-,43+;/m0./s1. The van der Waals surface area contributed by atoms with Crippen molar-refractivity contribution in [3.8, 4) is 0 Å². The van der Waals surface area contributed by atoms with E-state index in [4.69, 9.17) is 51.4 Å². The maximum atomic E-state index is 14.9. The smallest absolute Gasteiger partial charge is 0.408 e. The van der Waals surface area contributed by atoms with E-state index < -0.39 is 120 Å². The van der Waals surface area contributed by atoms with E-state index in [1.165, 1.54) is 26.0 Å². The van der Waals surface area contributed by atoms with Gasteiger partial charge in [-0.3, -0.25) is 14.2 Å². The number of carbonyl (C=O) groups is 5. The molecule has 72 heavy (non-hydrogen) atoms. The molecular weight excluding hydrogens is 1000 g/mol. The van der Waals surface area contributed by atoms with Crippen molar-refractivity contribution >= 4 is 60.7 Å². The minimum absolute atomic E-state index is 0.0637. The number of nitrogens with one attached hydrogen (secondary N) is 2. The summed E-state index contributed by atoms with van der Waals surface area (Å²) in [6.45, 7) is 14.1. The first kappa shape index (κ1) is 57.3. The second kappa shape index (κ2) is 22.5. The first-order valence-corrected chi connectivity index (χ1v) is 26.6. The lowest BCUT2D eigenvalue weighted by atomic mass is 9.44. The Morgan fingerprint density at radius 1 is 0.986 bits per heavy atom. The van der Waals surface area contributed by atoms with E-state index in [0.29, 0.717) is 37.0 Å². The van der Waals surface area contributed by atoms with Gasteiger partial charge in [0.1, 0.15) is 35.6 Å². The summed E-state index contributed by atoms with van der Waals surface area (Å²) in [5.41, 5.74) is -8.14. The fraction of sp³-hybridized carbons (Fsp3) is 0.620. The van der Waals surface area contributed by atoms with Crippen LogP contribution in [0.4, 0.5) is 4.79 Å². The Balaban J connectivity index is 0.000000522. The summed E-state index contributed by atoms with van der Waals surface area (Å²) < 4.78 is 48.7. The molecule has 2 bridgehead atoms. The zero-order chi connectivity index (χ0) is 53.2. The van der Waals surface area contributed by atoms with Gasteiger partial charge < -0.3 is 54.0 Å². The predicted molar refractivity (Wildman–Crippen MR) is 263 cm³/mol. The van der Waals surface area contributed by atoms with E-state index in [0.717, 1.165) is 19.9 Å². The number of alkyl carbamates (subject to hydrolysis) is 1. The largest absolute Gasteiger partial charge is 0.456 e. The number of aliphatic hydroxyl groups is 4. The highest BCUT2D eigenvalue weighted by atomic mass is 35.5. The van der Waals surface area contributed by atoms with Crippen LogP contribution in [0.15, 0.2) is 71.8 Å². The Kier molecular flexibility index (Phi) is 17.9. The zero-order valence-electron chi connectivity index (χ0n) is 41.8. The molecule has 2 aliphatic heterocycles. The molecule has 7 rings (SSSR count). The molecule has 2 heterocycles. The zero-order valence-corrected chi connectivity index (χ0v) is 44.2. The Hall–Kier alpha value is -3.98. The molecule has 0 aromatic heterocycles. The summed E-state index contributed by atoms with van der Waals surface area (Å²) >= 11 is 11.2. The van der Waals surface area contributed by atoms with Crippen LogP contribution in [0.25, 0.3) is 0 Å². The van der Waals surface area contributed by atoms with Crippen molar-refractivity contribution in [2.45, 2.75) is 134 Å². The summed E-state index contributed by atoms with van der Waals surface area (Å²) in [6.07, 6.45) is -10.6. The van der Waals surface area contributed by atoms with Gasteiger partial charge in [0, 0.05) is 56.6 Å². The van der Waals surface area contributed by atoms with Crippen molar-refractivity contribution in [1.82, 2.24) is 15.1 Å². The fourth-order valence-electron chi connectivity index (χ4n) is 10.8. The van der Waals surface area contributed by atoms with Gasteiger partial charge in [0.25, 0.3) is 0 Å². The molecule has 4 fully saturated rings. The van der Waals surface area contributed by atoms with Crippen molar-refractivity contribution in [3.63, 3.8) is 0 Å². The second-order valence-electron chi connectivity index (χ2n) is 20.5. The summed E-state index contributed by atoms with van der Waals surface area (Å²) in [6, 6.07) is 14.6. The Bertz CT molecular complexity index is 2380. The normalized spacial score (nSPS) is 32.6. The van der Waals surface area contributed by atoms with E-state index in [9.17, 15) is 49.0 Å². The average molecular weight is 1070 g/mol. The van der Waals surface area contributed by atoms with Gasteiger partial charge in [0.05, 0.1) is 42.3 Å². The lowest BCUT2D eigenvalue weighted by molar-refractivity contribution is -0.346. The lowest BCUT2D eigenvalue weighted by Gasteiger charge is -2.67. The number of hydrogen-bond donors (Lipinski definition) is 6. The van der Waals surface area contributed by atoms with Crippen LogP contribution < -0.4 is 10.4 Å². The predicted octanol–water partition coefficient (Wildman–Crippen LogP) is 5.14. The Morgan fingerprint density at radius 3 is 2.12 bits per heavy atom. The number of halogens is 2. The number of aliphatic hydroxyl groups excluding tert-OH is 3. The van der Waals surface area contributed by atoms with Crippen molar-refractivity contribution < 1.29 is 77.2 Å². The number of carbonyl (C=O) groups excluding carboxylic acids is 5. The van der Waals surface area contributed by atoms with E-state index in [2.05, 4.69) is 10.4 Å². The number of alkyl halides is 2. The monoisotopic (exact) mass is 1070 g/mol. The molecule has 2 aromatic carbocycles. The number of rotatable bonds is 13. The first-order valence-electron chi connectivity index (χ1n) is 23.9. The molecule has 1 unspecified atom stereocenters. The quantitative estimate of drug-likeness (QED) is 0.0498. The molecule has 398 valence electrons. The maximum Gasteiger partial charge on any atom is 0.408 e. The summed E-state index contributed by atoms with van der Waals surface area (Å²) in [5.74, 6) is -4.52. The Labute approximate surface area is 429 Å². The number of hydrogen-bond acceptors (Lipinski definition) is 16. The van der Waals surface area contributed by atoms with Crippen molar-refractivity contribution in [1.29, 1.82) is 0 Å². The van der Waals surface area contributed by atoms with Crippen LogP contribution in [-0.4, -0.2) is 153 Å². The number of ketones is 1. The number of esters is 3. The molecule has 3 aliphatic carbocycles. The minimum atomic E-state index is -2.84. The maximum absolute atomic E-state index is 14.9. The molecule has 2 aromatic rings. The molecular formula is C50H68Cl2N3O16P. The van der Waals surface area contributed by atoms with Crippen LogP contribution >= 0.6 is 30.9 Å². The number of ether oxygens (including phenoxy) is 5. The SMILES string of the molecule is CC(=O)O[C@@]12CO[C@@H]1C[C@H](O)[C@@]1(C)C(=O)[C@H](O)C3=C(C)[C@@H](OC(=O)[C@H](O)[C@@H](NC(=O)OC(C)(C)C)c4ccccc4)C[C@@](O)([C@@H](OC(=O)c4ccccc4)[C@H]21)C3(C)C.O=P1(N(CCCl)CCCl)NCCCO1. The molecule has 5 aliphatic rings. The van der Waals surface area contributed by atoms with Gasteiger partial charge in [-0.1, -0.05) is 62.4 Å². The molecule has 19 nitrogen and oxygen atoms in total. The van der Waals surface area contributed by atoms with Gasteiger partial charge >= 0.3 is 31.7 Å². The van der Waals surface area contributed by atoms with Crippen LogP contribution in [0.2, 0.25) is 0 Å². The number of benzene rings is 2. The van der Waals surface area contributed by atoms with Gasteiger partial charge in [-0.15, -0.1) is 23.2 Å². The summed E-state index contributed by atoms with van der Waals surface area (Å²) in [7, 11) is -2.84. The van der Waals surface area contributed by atoms with E-state index >= 15 is 0 Å². The van der Waals surface area contributed by atoms with Crippen LogP contribution in [0.3, 0.4) is 0 Å². The summed E-state index contributed by atoms with van der Waals surface area (Å²) in [4.78, 5) is 68.9. The third kappa shape index (κ3) is 11.2. The van der Waals surface area contributed by atoms with Crippen LogP contribution in [0, 0.1) is 16.7 Å². The van der Waals surface area contributed by atoms with Gasteiger partial charge in [0.15, 0.2) is 17.5 Å². The minimum Gasteiger partial charge on any atom is -0.456 e. The van der Waals surface area contributed by atoms with E-state index in [1.807, 2.05) is 0 Å². The van der Waals surface area contributed by atoms with Crippen molar-refractivity contribution in [2.75, 3.05) is 44.6 Å². The van der Waals surface area contributed by atoms with E-state index in [-0.39, 0.29) is 29.7 Å². The second-order valence-corrected chi connectivity index (χ2v) is 23.5. The average Bonchev–Trinajstić information content (AvgIpc) is 3.32. The highest BCUT2D eigenvalue weighted by molar-refractivity contribution is 7.54. The molecule has 1 amide bonds. The highest BCUT2D eigenvalue weighted by Gasteiger charge is 2.78. The molecule has 0 radical (unpaired) electrons. The molecule has 2 saturated carbocycles. The fourth-order valence-corrected chi connectivity index (χ4v) is 13.5. The van der Waals surface area contributed by atoms with Crippen molar-refractivity contribution in [2.24, 2.45) is 16.7 Å². The van der Waals surface area contributed by atoms with Gasteiger partial charge in [0.2, 0.25) is 0 Å². The number of fused-ring (bicyclic) bond motifs is 5. The number of nitrogens with zero attached hydrogens (tertiary/aromatic N) is 1. The van der Waals surface area contributed by atoms with Crippen LogP contribution in [0.5, 0.6) is 0 Å². The topological polar surface area (TPSA) is 266 Å². The molecule has 2 saturated heterocycles. The first-order chi connectivity index (χ1) is 33.7. The van der Waals surface area contributed by atoms with Gasteiger partial charge in [-0.25, -0.2) is 24.1 Å².